The molecule has 1 aliphatic rings. The van der Waals surface area contributed by atoms with Crippen molar-refractivity contribution in [1.82, 2.24) is 19.9 Å². The summed E-state index contributed by atoms with van der Waals surface area (Å²) in [4.78, 5) is 9.06. The molecule has 1 atom stereocenters. The second-order valence-corrected chi connectivity index (χ2v) is 5.67. The third-order valence-electron chi connectivity index (χ3n) is 4.11. The van der Waals surface area contributed by atoms with Crippen LogP contribution >= 0.6 is 0 Å². The van der Waals surface area contributed by atoms with E-state index in [9.17, 15) is 0 Å². The molecule has 1 saturated heterocycles. The minimum Gasteiger partial charge on any atom is -0.326 e. The van der Waals surface area contributed by atoms with Crippen molar-refractivity contribution in [1.29, 1.82) is 0 Å². The Hall–Kier alpha value is -1.42. The monoisotopic (exact) mass is 258 g/mol. The average Bonchev–Trinajstić information content (AvgIpc) is 2.80. The Morgan fingerprint density at radius 2 is 2.32 bits per heavy atom. The van der Waals surface area contributed by atoms with Crippen molar-refractivity contribution in [3.8, 4) is 0 Å². The minimum absolute atomic E-state index is 0.00639. The Morgan fingerprint density at radius 1 is 1.42 bits per heavy atom. The molecule has 0 aromatic carbocycles. The van der Waals surface area contributed by atoms with Gasteiger partial charge in [0.1, 0.15) is 11.3 Å². The molecule has 4 heteroatoms. The lowest BCUT2D eigenvalue weighted by Crippen LogP contribution is -2.45. The molecule has 4 nitrogen and oxygen atoms in total. The number of nitrogens with zero attached hydrogens (tertiary/aromatic N) is 3. The van der Waals surface area contributed by atoms with Gasteiger partial charge in [-0.25, -0.2) is 4.98 Å². The molecular weight excluding hydrogens is 236 g/mol. The summed E-state index contributed by atoms with van der Waals surface area (Å²) in [7, 11) is 0. The Labute approximate surface area is 114 Å². The van der Waals surface area contributed by atoms with Gasteiger partial charge in [-0.1, -0.05) is 6.92 Å². The quantitative estimate of drug-likeness (QED) is 0.920. The molecule has 3 heterocycles. The maximum absolute atomic E-state index is 4.86. The van der Waals surface area contributed by atoms with Crippen LogP contribution in [0.15, 0.2) is 18.5 Å². The fraction of sp³-hybridized carbons (Fsp3) is 0.600. The smallest absolute Gasteiger partial charge is 0.130 e. The topological polar surface area (TPSA) is 42.7 Å². The predicted octanol–water partition coefficient (Wildman–Crippen LogP) is 2.83. The Balaban J connectivity index is 2.13. The van der Waals surface area contributed by atoms with Gasteiger partial charge in [-0.05, 0) is 45.2 Å². The van der Waals surface area contributed by atoms with E-state index in [1.807, 2.05) is 12.4 Å². The molecule has 3 rings (SSSR count). The third kappa shape index (κ3) is 2.14. The molecule has 1 unspecified atom stereocenters. The van der Waals surface area contributed by atoms with E-state index >= 15 is 0 Å². The number of aryl methyl sites for hydroxylation is 1. The van der Waals surface area contributed by atoms with Crippen molar-refractivity contribution < 1.29 is 0 Å². The summed E-state index contributed by atoms with van der Waals surface area (Å²) in [6, 6.07) is 2.08. The van der Waals surface area contributed by atoms with Crippen LogP contribution in [0.2, 0.25) is 0 Å². The van der Waals surface area contributed by atoms with E-state index in [0.29, 0.717) is 0 Å². The first kappa shape index (κ1) is 12.6. The van der Waals surface area contributed by atoms with Gasteiger partial charge in [0.15, 0.2) is 0 Å². The Kier molecular flexibility index (Phi) is 3.27. The average molecular weight is 258 g/mol. The molecule has 0 aliphatic carbocycles. The highest BCUT2D eigenvalue weighted by Gasteiger charge is 2.33. The molecule has 0 amide bonds. The Bertz CT molecular complexity index is 567. The van der Waals surface area contributed by atoms with Crippen LogP contribution in [-0.2, 0) is 12.1 Å². The summed E-state index contributed by atoms with van der Waals surface area (Å²) < 4.78 is 2.37. The molecule has 0 saturated carbocycles. The van der Waals surface area contributed by atoms with Crippen molar-refractivity contribution in [2.75, 3.05) is 6.54 Å². The number of aromatic nitrogens is 3. The Morgan fingerprint density at radius 3 is 3.05 bits per heavy atom. The summed E-state index contributed by atoms with van der Waals surface area (Å²) in [5.74, 6) is 1.18. The fourth-order valence-electron chi connectivity index (χ4n) is 3.10. The molecule has 0 bridgehead atoms. The first-order valence-corrected chi connectivity index (χ1v) is 7.30. The van der Waals surface area contributed by atoms with Gasteiger partial charge in [-0.3, -0.25) is 4.98 Å². The van der Waals surface area contributed by atoms with Crippen LogP contribution in [0.25, 0.3) is 11.0 Å². The first-order chi connectivity index (χ1) is 9.24. The van der Waals surface area contributed by atoms with Crippen molar-refractivity contribution in [2.24, 2.45) is 0 Å². The van der Waals surface area contributed by atoms with Crippen LogP contribution in [0.3, 0.4) is 0 Å². The molecule has 19 heavy (non-hydrogen) atoms. The number of nitrogens with one attached hydrogen (secondary N) is 1. The van der Waals surface area contributed by atoms with Crippen LogP contribution in [0.4, 0.5) is 0 Å². The zero-order chi connectivity index (χ0) is 13.3. The van der Waals surface area contributed by atoms with Gasteiger partial charge in [-0.15, -0.1) is 0 Å². The molecular formula is C15H22N4. The zero-order valence-corrected chi connectivity index (χ0v) is 11.8. The normalized spacial score (nSPS) is 23.9. The van der Waals surface area contributed by atoms with Gasteiger partial charge in [-0.2, -0.15) is 0 Å². The lowest BCUT2D eigenvalue weighted by molar-refractivity contribution is 0.261. The van der Waals surface area contributed by atoms with Crippen molar-refractivity contribution >= 4 is 11.0 Å². The lowest BCUT2D eigenvalue weighted by atomic mass is 9.90. The molecule has 102 valence electrons. The molecule has 1 fully saturated rings. The molecule has 2 aromatic rings. The maximum Gasteiger partial charge on any atom is 0.130 e. The molecule has 0 spiro atoms. The summed E-state index contributed by atoms with van der Waals surface area (Å²) in [5.41, 5.74) is 2.23. The van der Waals surface area contributed by atoms with Crippen LogP contribution in [0.5, 0.6) is 0 Å². The second kappa shape index (κ2) is 4.93. The highest BCUT2D eigenvalue weighted by atomic mass is 15.2. The maximum atomic E-state index is 4.86. The molecule has 1 aliphatic heterocycles. The zero-order valence-electron chi connectivity index (χ0n) is 11.8. The van der Waals surface area contributed by atoms with Crippen LogP contribution in [0.1, 0.15) is 45.4 Å². The van der Waals surface area contributed by atoms with Gasteiger partial charge in [0.2, 0.25) is 0 Å². The number of hydrogen-bond donors (Lipinski definition) is 1. The van der Waals surface area contributed by atoms with Crippen molar-refractivity contribution in [2.45, 2.75) is 51.6 Å². The summed E-state index contributed by atoms with van der Waals surface area (Å²) >= 11 is 0. The van der Waals surface area contributed by atoms with Gasteiger partial charge in [0.05, 0.1) is 17.3 Å². The van der Waals surface area contributed by atoms with Crippen LogP contribution < -0.4 is 5.32 Å². The second-order valence-electron chi connectivity index (χ2n) is 5.67. The van der Waals surface area contributed by atoms with Crippen molar-refractivity contribution in [3.05, 3.63) is 24.3 Å². The molecule has 2 aromatic heterocycles. The van der Waals surface area contributed by atoms with Crippen LogP contribution in [-0.4, -0.2) is 21.1 Å². The standard InChI is InChI=1S/C15H22N4/c1-3-10-19-13-6-9-16-11-12(13)18-14(19)15(2)7-4-5-8-17-15/h6,9,11,17H,3-5,7-8,10H2,1-2H3. The summed E-state index contributed by atoms with van der Waals surface area (Å²) in [6.07, 6.45) is 8.56. The van der Waals surface area contributed by atoms with E-state index in [2.05, 4.69) is 34.8 Å². The number of piperidine rings is 1. The van der Waals surface area contributed by atoms with Gasteiger partial charge >= 0.3 is 0 Å². The number of imidazole rings is 1. The minimum atomic E-state index is 0.00639. The summed E-state index contributed by atoms with van der Waals surface area (Å²) in [6.45, 7) is 6.61. The number of fused-ring (bicyclic) bond motifs is 1. The number of hydrogen-bond acceptors (Lipinski definition) is 3. The van der Waals surface area contributed by atoms with Crippen LogP contribution in [0, 0.1) is 0 Å². The highest BCUT2D eigenvalue weighted by molar-refractivity contribution is 5.75. The summed E-state index contributed by atoms with van der Waals surface area (Å²) in [5, 5.41) is 3.67. The van der Waals surface area contributed by atoms with Gasteiger partial charge in [0, 0.05) is 12.7 Å². The highest BCUT2D eigenvalue weighted by Crippen LogP contribution is 2.31. The van der Waals surface area contributed by atoms with E-state index in [0.717, 1.165) is 31.4 Å². The van der Waals surface area contributed by atoms with Gasteiger partial charge in [0.25, 0.3) is 0 Å². The predicted molar refractivity (Wildman–Crippen MR) is 77.0 cm³/mol. The fourth-order valence-corrected chi connectivity index (χ4v) is 3.10. The SMILES string of the molecule is CCCn1c(C2(C)CCCCN2)nc2cnccc21. The van der Waals surface area contributed by atoms with E-state index < -0.39 is 0 Å². The van der Waals surface area contributed by atoms with Gasteiger partial charge < -0.3 is 9.88 Å². The third-order valence-corrected chi connectivity index (χ3v) is 4.11. The van der Waals surface area contributed by atoms with E-state index in [4.69, 9.17) is 4.98 Å². The number of rotatable bonds is 3. The van der Waals surface area contributed by atoms with E-state index in [-0.39, 0.29) is 5.54 Å². The van der Waals surface area contributed by atoms with E-state index in [1.165, 1.54) is 24.2 Å². The first-order valence-electron chi connectivity index (χ1n) is 7.30. The molecule has 1 N–H and O–H groups in total. The largest absolute Gasteiger partial charge is 0.326 e. The van der Waals surface area contributed by atoms with Crippen molar-refractivity contribution in [3.63, 3.8) is 0 Å². The number of pyridine rings is 1. The lowest BCUT2D eigenvalue weighted by Gasteiger charge is -2.34. The molecule has 0 radical (unpaired) electrons. The van der Waals surface area contributed by atoms with E-state index in [1.54, 1.807) is 0 Å².